The highest BCUT2D eigenvalue weighted by Gasteiger charge is 2.13. The van der Waals surface area contributed by atoms with Gasteiger partial charge in [-0.05, 0) is 35.0 Å². The zero-order chi connectivity index (χ0) is 12.9. The largest absolute Gasteiger partial charge is 0.0810 e. The Balaban J connectivity index is 2.96. The Bertz CT molecular complexity index is 360. The minimum absolute atomic E-state index is 0.248. The fraction of sp³-hybridized carbons (Fsp3) is 0.529. The Morgan fingerprint density at radius 2 is 1.65 bits per heavy atom. The van der Waals surface area contributed by atoms with E-state index in [9.17, 15) is 0 Å². The molecule has 0 aliphatic rings. The fourth-order valence-corrected chi connectivity index (χ4v) is 2.06. The van der Waals surface area contributed by atoms with E-state index < -0.39 is 0 Å². The van der Waals surface area contributed by atoms with Crippen LogP contribution in [-0.4, -0.2) is 0 Å². The van der Waals surface area contributed by atoms with Crippen LogP contribution in [0.4, 0.5) is 0 Å². The highest BCUT2D eigenvalue weighted by Crippen LogP contribution is 2.26. The Labute approximate surface area is 107 Å². The quantitative estimate of drug-likeness (QED) is 0.633. The van der Waals surface area contributed by atoms with Crippen molar-refractivity contribution in [3.63, 3.8) is 0 Å². The highest BCUT2D eigenvalue weighted by atomic mass is 14.2. The van der Waals surface area contributed by atoms with Crippen LogP contribution in [0.1, 0.15) is 65.0 Å². The van der Waals surface area contributed by atoms with Gasteiger partial charge in [0, 0.05) is 0 Å². The molecule has 0 bridgehead atoms. The monoisotopic (exact) mass is 230 g/mol. The zero-order valence-electron chi connectivity index (χ0n) is 12.0. The molecule has 0 amide bonds. The first kappa shape index (κ1) is 14.0. The molecule has 1 rings (SSSR count). The molecule has 17 heavy (non-hydrogen) atoms. The second-order valence-corrected chi connectivity index (χ2v) is 5.71. The second-order valence-electron chi connectivity index (χ2n) is 5.71. The lowest BCUT2D eigenvalue weighted by Crippen LogP contribution is -2.10. The van der Waals surface area contributed by atoms with Crippen LogP contribution in [0.5, 0.6) is 0 Å². The van der Waals surface area contributed by atoms with E-state index in [-0.39, 0.29) is 5.41 Å². The van der Waals surface area contributed by atoms with E-state index in [1.807, 2.05) is 0 Å². The van der Waals surface area contributed by atoms with Crippen LogP contribution < -0.4 is 0 Å². The maximum atomic E-state index is 2.36. The molecule has 0 nitrogen and oxygen atoms in total. The summed E-state index contributed by atoms with van der Waals surface area (Å²) in [5.41, 5.74) is 4.54. The molecule has 0 fully saturated rings. The third kappa shape index (κ3) is 4.03. The second kappa shape index (κ2) is 6.05. The lowest BCUT2D eigenvalue weighted by molar-refractivity contribution is 0.590. The Kier molecular flexibility index (Phi) is 4.99. The van der Waals surface area contributed by atoms with Crippen molar-refractivity contribution in [3.8, 4) is 0 Å². The van der Waals surface area contributed by atoms with Crippen LogP contribution in [0.15, 0.2) is 30.3 Å². The summed E-state index contributed by atoms with van der Waals surface area (Å²) in [6.45, 7) is 11.2. The SMILES string of the molecule is CCC=C(CCC)c1ccc(C(C)(C)C)cc1. The molecule has 1 aromatic carbocycles. The zero-order valence-corrected chi connectivity index (χ0v) is 12.0. The van der Waals surface area contributed by atoms with Gasteiger partial charge in [0.05, 0.1) is 0 Å². The van der Waals surface area contributed by atoms with Crippen molar-refractivity contribution in [2.45, 2.75) is 59.3 Å². The molecule has 0 atom stereocenters. The summed E-state index contributed by atoms with van der Waals surface area (Å²) in [6.07, 6.45) is 5.88. The highest BCUT2D eigenvalue weighted by molar-refractivity contribution is 5.65. The van der Waals surface area contributed by atoms with E-state index in [2.05, 4.69) is 65.0 Å². The van der Waals surface area contributed by atoms with Gasteiger partial charge in [0.2, 0.25) is 0 Å². The van der Waals surface area contributed by atoms with Crippen LogP contribution in [0.3, 0.4) is 0 Å². The predicted octanol–water partition coefficient (Wildman–Crippen LogP) is 5.58. The number of rotatable bonds is 4. The van der Waals surface area contributed by atoms with Crippen LogP contribution in [0, 0.1) is 0 Å². The first-order chi connectivity index (χ1) is 7.99. The molecule has 94 valence electrons. The molecule has 0 aromatic heterocycles. The lowest BCUT2D eigenvalue weighted by atomic mass is 9.86. The molecule has 0 heteroatoms. The van der Waals surface area contributed by atoms with Gasteiger partial charge in [-0.25, -0.2) is 0 Å². The summed E-state index contributed by atoms with van der Waals surface area (Å²) in [4.78, 5) is 0. The third-order valence-corrected chi connectivity index (χ3v) is 3.09. The van der Waals surface area contributed by atoms with Crippen molar-refractivity contribution in [2.75, 3.05) is 0 Å². The molecule has 0 unspecified atom stereocenters. The number of allylic oxidation sites excluding steroid dienone is 2. The predicted molar refractivity (Wildman–Crippen MR) is 78.3 cm³/mol. The average Bonchev–Trinajstić information content (AvgIpc) is 2.28. The standard InChI is InChI=1S/C17H26/c1-6-8-14(9-7-2)15-10-12-16(13-11-15)17(3,4)5/h8,10-13H,6-7,9H2,1-5H3. The smallest absolute Gasteiger partial charge is 0.0132 e. The van der Waals surface area contributed by atoms with Gasteiger partial charge in [-0.15, -0.1) is 0 Å². The summed E-state index contributed by atoms with van der Waals surface area (Å²) in [5.74, 6) is 0. The molecule has 0 heterocycles. The summed E-state index contributed by atoms with van der Waals surface area (Å²) in [7, 11) is 0. The van der Waals surface area contributed by atoms with Gasteiger partial charge >= 0.3 is 0 Å². The van der Waals surface area contributed by atoms with Crippen LogP contribution >= 0.6 is 0 Å². The van der Waals surface area contributed by atoms with Crippen molar-refractivity contribution >= 4 is 5.57 Å². The van der Waals surface area contributed by atoms with Crippen molar-refractivity contribution in [2.24, 2.45) is 0 Å². The van der Waals surface area contributed by atoms with Gasteiger partial charge in [-0.1, -0.05) is 71.4 Å². The van der Waals surface area contributed by atoms with E-state index in [0.717, 1.165) is 6.42 Å². The normalized spacial score (nSPS) is 12.9. The first-order valence-corrected chi connectivity index (χ1v) is 6.79. The molecule has 0 aliphatic carbocycles. The maximum absolute atomic E-state index is 2.36. The van der Waals surface area contributed by atoms with E-state index >= 15 is 0 Å². The fourth-order valence-electron chi connectivity index (χ4n) is 2.06. The molecular weight excluding hydrogens is 204 g/mol. The molecule has 1 aromatic rings. The minimum Gasteiger partial charge on any atom is -0.0810 e. The Morgan fingerprint density at radius 1 is 1.06 bits per heavy atom. The van der Waals surface area contributed by atoms with E-state index in [0.29, 0.717) is 0 Å². The van der Waals surface area contributed by atoms with E-state index in [4.69, 9.17) is 0 Å². The summed E-state index contributed by atoms with van der Waals surface area (Å²) >= 11 is 0. The van der Waals surface area contributed by atoms with Crippen molar-refractivity contribution < 1.29 is 0 Å². The number of benzene rings is 1. The number of hydrogen-bond acceptors (Lipinski definition) is 0. The molecular formula is C17H26. The van der Waals surface area contributed by atoms with Gasteiger partial charge in [0.1, 0.15) is 0 Å². The van der Waals surface area contributed by atoms with Gasteiger partial charge in [-0.3, -0.25) is 0 Å². The Hall–Kier alpha value is -1.04. The van der Waals surface area contributed by atoms with Gasteiger partial charge in [-0.2, -0.15) is 0 Å². The topological polar surface area (TPSA) is 0 Å². The number of hydrogen-bond donors (Lipinski definition) is 0. The lowest BCUT2D eigenvalue weighted by Gasteiger charge is -2.19. The van der Waals surface area contributed by atoms with Crippen molar-refractivity contribution in [3.05, 3.63) is 41.5 Å². The van der Waals surface area contributed by atoms with Gasteiger partial charge in [0.15, 0.2) is 0 Å². The average molecular weight is 230 g/mol. The third-order valence-electron chi connectivity index (χ3n) is 3.09. The summed E-state index contributed by atoms with van der Waals surface area (Å²) in [5, 5.41) is 0. The van der Waals surface area contributed by atoms with Crippen LogP contribution in [0.25, 0.3) is 5.57 Å². The van der Waals surface area contributed by atoms with Crippen molar-refractivity contribution in [1.29, 1.82) is 0 Å². The molecule has 0 spiro atoms. The first-order valence-electron chi connectivity index (χ1n) is 6.79. The summed E-state index contributed by atoms with van der Waals surface area (Å²) < 4.78 is 0. The van der Waals surface area contributed by atoms with E-state index in [1.54, 1.807) is 0 Å². The maximum Gasteiger partial charge on any atom is -0.0132 e. The Morgan fingerprint density at radius 3 is 2.06 bits per heavy atom. The summed E-state index contributed by atoms with van der Waals surface area (Å²) in [6, 6.07) is 9.10. The molecule has 0 saturated carbocycles. The molecule has 0 N–H and O–H groups in total. The van der Waals surface area contributed by atoms with Crippen LogP contribution in [0.2, 0.25) is 0 Å². The molecule has 0 radical (unpaired) electrons. The minimum atomic E-state index is 0.248. The van der Waals surface area contributed by atoms with Crippen molar-refractivity contribution in [1.82, 2.24) is 0 Å². The van der Waals surface area contributed by atoms with Gasteiger partial charge in [0.25, 0.3) is 0 Å². The molecule has 0 aliphatic heterocycles. The van der Waals surface area contributed by atoms with E-state index in [1.165, 1.54) is 29.5 Å². The van der Waals surface area contributed by atoms with Crippen LogP contribution in [-0.2, 0) is 5.41 Å². The van der Waals surface area contributed by atoms with Gasteiger partial charge < -0.3 is 0 Å². The molecule has 0 saturated heterocycles.